The van der Waals surface area contributed by atoms with Gasteiger partial charge in [0, 0.05) is 25.3 Å². The molecule has 2 aromatic heterocycles. The van der Waals surface area contributed by atoms with E-state index in [1.807, 2.05) is 20.8 Å². The Balaban J connectivity index is 1.95. The second-order valence-corrected chi connectivity index (χ2v) is 8.74. The number of ether oxygens (including phenoxy) is 1. The number of benzene rings is 1. The normalized spacial score (nSPS) is 11.8. The van der Waals surface area contributed by atoms with Gasteiger partial charge in [-0.05, 0) is 24.3 Å². The van der Waals surface area contributed by atoms with E-state index in [-0.39, 0.29) is 11.2 Å². The minimum absolute atomic E-state index is 0.314. The van der Waals surface area contributed by atoms with Gasteiger partial charge in [-0.3, -0.25) is 13.9 Å². The zero-order chi connectivity index (χ0) is 21.3. The van der Waals surface area contributed by atoms with E-state index in [1.165, 1.54) is 35.5 Å². The van der Waals surface area contributed by atoms with E-state index in [0.717, 1.165) is 4.57 Å². The summed E-state index contributed by atoms with van der Waals surface area (Å²) in [5, 5.41) is 0.827. The molecule has 29 heavy (non-hydrogen) atoms. The van der Waals surface area contributed by atoms with Crippen LogP contribution in [0, 0.1) is 5.82 Å². The van der Waals surface area contributed by atoms with Gasteiger partial charge in [-0.2, -0.15) is 0 Å². The standard InChI is InChI=1S/C20H23FN4O3S/c1-20(2,3)18-22-15-14(17(26)25(5)19(27)24(15)4)16(23-18)29-11-10-28-13-8-6-12(21)7-9-13/h6-9H,10-11H2,1-5H3. The Kier molecular flexibility index (Phi) is 5.79. The maximum Gasteiger partial charge on any atom is 0.332 e. The molecule has 0 unspecified atom stereocenters. The number of hydrogen-bond acceptors (Lipinski definition) is 6. The summed E-state index contributed by atoms with van der Waals surface area (Å²) in [7, 11) is 3.03. The van der Waals surface area contributed by atoms with Crippen molar-refractivity contribution < 1.29 is 9.13 Å². The fourth-order valence-corrected chi connectivity index (χ4v) is 3.53. The first-order chi connectivity index (χ1) is 13.6. The summed E-state index contributed by atoms with van der Waals surface area (Å²) in [6, 6.07) is 5.78. The lowest BCUT2D eigenvalue weighted by molar-refractivity contribution is 0.343. The van der Waals surface area contributed by atoms with Gasteiger partial charge in [0.15, 0.2) is 5.65 Å². The summed E-state index contributed by atoms with van der Waals surface area (Å²) in [5.74, 6) is 1.30. The highest BCUT2D eigenvalue weighted by molar-refractivity contribution is 7.99. The number of aryl methyl sites for hydroxylation is 1. The molecule has 1 aromatic carbocycles. The lowest BCUT2D eigenvalue weighted by atomic mass is 9.96. The molecule has 3 rings (SSSR count). The van der Waals surface area contributed by atoms with E-state index in [4.69, 9.17) is 4.74 Å². The van der Waals surface area contributed by atoms with Crippen LogP contribution in [-0.4, -0.2) is 31.5 Å². The van der Waals surface area contributed by atoms with Crippen LogP contribution < -0.4 is 16.0 Å². The summed E-state index contributed by atoms with van der Waals surface area (Å²) in [4.78, 5) is 34.2. The number of nitrogens with zero attached hydrogens (tertiary/aromatic N) is 4. The van der Waals surface area contributed by atoms with Crippen LogP contribution in [0.1, 0.15) is 26.6 Å². The number of thioether (sulfide) groups is 1. The third kappa shape index (κ3) is 4.34. The molecule has 7 nitrogen and oxygen atoms in total. The lowest BCUT2D eigenvalue weighted by Gasteiger charge is -2.19. The van der Waals surface area contributed by atoms with Gasteiger partial charge in [0.25, 0.3) is 5.56 Å². The van der Waals surface area contributed by atoms with Crippen molar-refractivity contribution in [3.8, 4) is 5.75 Å². The smallest absolute Gasteiger partial charge is 0.332 e. The Morgan fingerprint density at radius 2 is 1.72 bits per heavy atom. The molecule has 0 atom stereocenters. The average Bonchev–Trinajstić information content (AvgIpc) is 2.68. The van der Waals surface area contributed by atoms with Gasteiger partial charge in [-0.1, -0.05) is 20.8 Å². The van der Waals surface area contributed by atoms with Crippen molar-refractivity contribution in [3.63, 3.8) is 0 Å². The van der Waals surface area contributed by atoms with E-state index >= 15 is 0 Å². The highest BCUT2D eigenvalue weighted by Gasteiger charge is 2.23. The SMILES string of the molecule is Cn1c(=O)c2c(SCCOc3ccc(F)cc3)nc(C(C)(C)C)nc2n(C)c1=O. The van der Waals surface area contributed by atoms with Crippen molar-refractivity contribution in [3.05, 3.63) is 56.7 Å². The summed E-state index contributed by atoms with van der Waals surface area (Å²) >= 11 is 1.36. The highest BCUT2D eigenvalue weighted by atomic mass is 32.2. The van der Waals surface area contributed by atoms with Crippen molar-refractivity contribution in [2.45, 2.75) is 31.2 Å². The molecule has 0 radical (unpaired) electrons. The fourth-order valence-electron chi connectivity index (χ4n) is 2.70. The van der Waals surface area contributed by atoms with Gasteiger partial charge in [0.05, 0.1) is 6.61 Å². The van der Waals surface area contributed by atoms with Crippen molar-refractivity contribution >= 4 is 22.8 Å². The molecule has 0 amide bonds. The molecule has 0 saturated carbocycles. The quantitative estimate of drug-likeness (QED) is 0.360. The van der Waals surface area contributed by atoms with Crippen LogP contribution in [-0.2, 0) is 19.5 Å². The number of hydrogen-bond donors (Lipinski definition) is 0. The van der Waals surface area contributed by atoms with Gasteiger partial charge in [-0.15, -0.1) is 11.8 Å². The maximum absolute atomic E-state index is 13.0. The molecular weight excluding hydrogens is 395 g/mol. The van der Waals surface area contributed by atoms with E-state index in [9.17, 15) is 14.0 Å². The Labute approximate surface area is 171 Å². The summed E-state index contributed by atoms with van der Waals surface area (Å²) < 4.78 is 21.0. The molecular formula is C20H23FN4O3S. The van der Waals surface area contributed by atoms with Gasteiger partial charge < -0.3 is 4.74 Å². The van der Waals surface area contributed by atoms with Gasteiger partial charge in [-0.25, -0.2) is 19.2 Å². The monoisotopic (exact) mass is 418 g/mol. The minimum Gasteiger partial charge on any atom is -0.493 e. The summed E-state index contributed by atoms with van der Waals surface area (Å²) in [6.07, 6.45) is 0. The number of fused-ring (bicyclic) bond motifs is 1. The van der Waals surface area contributed by atoms with E-state index in [2.05, 4.69) is 9.97 Å². The molecule has 0 spiro atoms. The predicted molar refractivity (Wildman–Crippen MR) is 111 cm³/mol. The summed E-state index contributed by atoms with van der Waals surface area (Å²) in [6.45, 7) is 6.26. The first-order valence-electron chi connectivity index (χ1n) is 9.09. The second kappa shape index (κ2) is 7.98. The molecule has 0 N–H and O–H groups in total. The molecule has 0 bridgehead atoms. The maximum atomic E-state index is 13.0. The zero-order valence-corrected chi connectivity index (χ0v) is 17.8. The third-order valence-corrected chi connectivity index (χ3v) is 5.28. The average molecular weight is 418 g/mol. The number of rotatable bonds is 5. The molecule has 0 saturated heterocycles. The molecule has 3 aromatic rings. The second-order valence-electron chi connectivity index (χ2n) is 7.66. The fraction of sp³-hybridized carbons (Fsp3) is 0.400. The third-order valence-electron chi connectivity index (χ3n) is 4.34. The topological polar surface area (TPSA) is 79.0 Å². The van der Waals surface area contributed by atoms with Gasteiger partial charge in [0.2, 0.25) is 0 Å². The Morgan fingerprint density at radius 1 is 1.07 bits per heavy atom. The van der Waals surface area contributed by atoms with Crippen molar-refractivity contribution in [2.24, 2.45) is 14.1 Å². The summed E-state index contributed by atoms with van der Waals surface area (Å²) in [5.41, 5.74) is -0.896. The number of aromatic nitrogens is 4. The largest absolute Gasteiger partial charge is 0.493 e. The first-order valence-corrected chi connectivity index (χ1v) is 10.1. The number of halogens is 1. The van der Waals surface area contributed by atoms with E-state index in [0.29, 0.717) is 40.0 Å². The van der Waals surface area contributed by atoms with Crippen LogP contribution in [0.5, 0.6) is 5.75 Å². The van der Waals surface area contributed by atoms with Crippen molar-refractivity contribution in [1.29, 1.82) is 0 Å². The van der Waals surface area contributed by atoms with E-state index in [1.54, 1.807) is 19.2 Å². The van der Waals surface area contributed by atoms with Crippen LogP contribution in [0.3, 0.4) is 0 Å². The first kappa shape index (κ1) is 21.0. The molecule has 0 aliphatic rings. The van der Waals surface area contributed by atoms with Crippen LogP contribution in [0.15, 0.2) is 38.9 Å². The van der Waals surface area contributed by atoms with Crippen LogP contribution in [0.4, 0.5) is 4.39 Å². The molecule has 0 aliphatic carbocycles. The highest BCUT2D eigenvalue weighted by Crippen LogP contribution is 2.27. The molecule has 154 valence electrons. The van der Waals surface area contributed by atoms with E-state index < -0.39 is 11.2 Å². The Bertz CT molecular complexity index is 1160. The zero-order valence-electron chi connectivity index (χ0n) is 17.0. The minimum atomic E-state index is -0.434. The Morgan fingerprint density at radius 3 is 2.34 bits per heavy atom. The van der Waals surface area contributed by atoms with Crippen LogP contribution in [0.25, 0.3) is 11.0 Å². The molecule has 9 heteroatoms. The Hall–Kier alpha value is -2.68. The van der Waals surface area contributed by atoms with Crippen LogP contribution >= 0.6 is 11.8 Å². The molecule has 2 heterocycles. The predicted octanol–water partition coefficient (Wildman–Crippen LogP) is 2.63. The molecule has 0 fully saturated rings. The molecule has 0 aliphatic heterocycles. The van der Waals surface area contributed by atoms with Gasteiger partial charge in [0.1, 0.15) is 27.8 Å². The lowest BCUT2D eigenvalue weighted by Crippen LogP contribution is -2.38. The van der Waals surface area contributed by atoms with Crippen molar-refractivity contribution in [2.75, 3.05) is 12.4 Å². The van der Waals surface area contributed by atoms with Crippen LogP contribution in [0.2, 0.25) is 0 Å². The van der Waals surface area contributed by atoms with Crippen molar-refractivity contribution in [1.82, 2.24) is 19.1 Å². The van der Waals surface area contributed by atoms with Gasteiger partial charge >= 0.3 is 5.69 Å².